The summed E-state index contributed by atoms with van der Waals surface area (Å²) in [6.45, 7) is 3.22. The zero-order valence-electron chi connectivity index (χ0n) is 6.66. The van der Waals surface area contributed by atoms with E-state index >= 15 is 0 Å². The third-order valence-electron chi connectivity index (χ3n) is 0. The predicted octanol–water partition coefficient (Wildman–Crippen LogP) is 0.268. The van der Waals surface area contributed by atoms with Crippen LogP contribution in [0.3, 0.4) is 0 Å². The molecule has 0 amide bonds. The molecule has 0 heterocycles. The van der Waals surface area contributed by atoms with Crippen LogP contribution in [0.25, 0.3) is 0 Å². The number of rotatable bonds is 0. The van der Waals surface area contributed by atoms with Crippen molar-refractivity contribution in [3.63, 3.8) is 0 Å². The zero-order chi connectivity index (χ0) is 7.15. The fourth-order valence-corrected chi connectivity index (χ4v) is 0. The van der Waals surface area contributed by atoms with Crippen molar-refractivity contribution in [2.45, 2.75) is 20.0 Å². The standard InChI is InChI=1S/C3H7O.NO3.2H3N/c1-3(2)4;2-1(3)4;;/h3H,1-2H3;;2*1H3/q2*-1;;/p+2. The van der Waals surface area contributed by atoms with Gasteiger partial charge < -0.3 is 32.7 Å². The second kappa shape index (κ2) is 15.7. The molecule has 0 radical (unpaired) electrons. The first kappa shape index (κ1) is 23.0. The van der Waals surface area contributed by atoms with E-state index in [0.717, 1.165) is 0 Å². The van der Waals surface area contributed by atoms with Crippen LogP contribution in [0.2, 0.25) is 0 Å². The molecule has 8 N–H and O–H groups in total. The van der Waals surface area contributed by atoms with Crippen LogP contribution < -0.4 is 17.4 Å². The van der Waals surface area contributed by atoms with Crippen LogP contribution in [-0.4, -0.2) is 11.2 Å². The summed E-state index contributed by atoms with van der Waals surface area (Å²) in [5.41, 5.74) is 0. The maximum atomic E-state index is 9.53. The van der Waals surface area contributed by atoms with E-state index in [9.17, 15) is 5.11 Å². The van der Waals surface area contributed by atoms with Gasteiger partial charge in [0.25, 0.3) is 0 Å². The van der Waals surface area contributed by atoms with Crippen molar-refractivity contribution in [1.82, 2.24) is 12.3 Å². The monoisotopic (exact) mass is 157 g/mol. The molecular formula is C3H15N3O4. The van der Waals surface area contributed by atoms with Crippen molar-refractivity contribution in [3.05, 3.63) is 15.3 Å². The number of hydrogen-bond acceptors (Lipinski definition) is 4. The van der Waals surface area contributed by atoms with Gasteiger partial charge in [0.05, 0.1) is 5.09 Å². The zero-order valence-corrected chi connectivity index (χ0v) is 6.66. The lowest BCUT2D eigenvalue weighted by Crippen LogP contribution is -2.14. The quantitative estimate of drug-likeness (QED) is 0.381. The van der Waals surface area contributed by atoms with E-state index in [1.165, 1.54) is 0 Å². The van der Waals surface area contributed by atoms with Crippen molar-refractivity contribution >= 4 is 0 Å². The molecule has 7 nitrogen and oxygen atoms in total. The van der Waals surface area contributed by atoms with Crippen LogP contribution in [-0.2, 0) is 0 Å². The van der Waals surface area contributed by atoms with E-state index in [1.54, 1.807) is 13.8 Å². The summed E-state index contributed by atoms with van der Waals surface area (Å²) in [6.07, 6.45) is -0.417. The topological polar surface area (TPSA) is 162 Å². The van der Waals surface area contributed by atoms with Gasteiger partial charge in [-0.25, -0.2) is 0 Å². The van der Waals surface area contributed by atoms with Crippen LogP contribution in [0.5, 0.6) is 0 Å². The van der Waals surface area contributed by atoms with Gasteiger partial charge in [-0.2, -0.15) is 0 Å². The molecule has 0 aliphatic carbocycles. The Hall–Kier alpha value is -0.920. The molecule has 0 spiro atoms. The van der Waals surface area contributed by atoms with Crippen LogP contribution in [0.4, 0.5) is 0 Å². The van der Waals surface area contributed by atoms with Crippen LogP contribution in [0.1, 0.15) is 13.8 Å². The molecule has 7 heteroatoms. The minimum Gasteiger partial charge on any atom is -0.852 e. The van der Waals surface area contributed by atoms with Gasteiger partial charge in [-0.1, -0.05) is 13.8 Å². The summed E-state index contributed by atoms with van der Waals surface area (Å²) in [6, 6.07) is 0. The van der Waals surface area contributed by atoms with Crippen LogP contribution in [0.15, 0.2) is 0 Å². The SMILES string of the molecule is CC(C)[O-].O=[N+]([O-])[O-].[NH4+].[NH4+]. The number of nitrogens with zero attached hydrogens (tertiary/aromatic N) is 1. The highest BCUT2D eigenvalue weighted by atomic mass is 16.9. The summed E-state index contributed by atoms with van der Waals surface area (Å²) in [5.74, 6) is 0. The van der Waals surface area contributed by atoms with Gasteiger partial charge in [0, 0.05) is 0 Å². The highest BCUT2D eigenvalue weighted by molar-refractivity contribution is 4.17. The Labute approximate surface area is 58.9 Å². The lowest BCUT2D eigenvalue weighted by Gasteiger charge is -2.02. The summed E-state index contributed by atoms with van der Waals surface area (Å²) < 4.78 is 0. The van der Waals surface area contributed by atoms with Crippen LogP contribution in [0, 0.1) is 15.3 Å². The average Bonchev–Trinajstić information content (AvgIpc) is 1.25. The molecule has 66 valence electrons. The Morgan fingerprint density at radius 3 is 1.20 bits per heavy atom. The van der Waals surface area contributed by atoms with Crippen molar-refractivity contribution < 1.29 is 10.2 Å². The molecule has 0 saturated heterocycles. The van der Waals surface area contributed by atoms with Gasteiger partial charge in [0.2, 0.25) is 0 Å². The van der Waals surface area contributed by atoms with Gasteiger partial charge in [-0.15, -0.1) is 6.10 Å². The first-order chi connectivity index (χ1) is 3.46. The lowest BCUT2D eigenvalue weighted by atomic mass is 10.5. The highest BCUT2D eigenvalue weighted by Gasteiger charge is 1.53. The molecule has 0 rings (SSSR count). The normalized spacial score (nSPS) is 6.00. The van der Waals surface area contributed by atoms with Gasteiger partial charge in [-0.3, -0.25) is 0 Å². The Morgan fingerprint density at radius 1 is 1.20 bits per heavy atom. The number of hydrogen-bond donors (Lipinski definition) is 2. The van der Waals surface area contributed by atoms with E-state index in [4.69, 9.17) is 15.3 Å². The first-order valence-corrected chi connectivity index (χ1v) is 1.94. The maximum Gasteiger partial charge on any atom is 0.0689 e. The molecule has 0 atom stereocenters. The molecular weight excluding hydrogens is 142 g/mol. The number of quaternary nitrogens is 2. The molecule has 0 fully saturated rings. The smallest absolute Gasteiger partial charge is 0.0689 e. The largest absolute Gasteiger partial charge is 0.852 e. The van der Waals surface area contributed by atoms with E-state index in [0.29, 0.717) is 0 Å². The Kier molecular flexibility index (Phi) is 36.1. The third-order valence-corrected chi connectivity index (χ3v) is 0. The maximum absolute atomic E-state index is 9.53. The minimum absolute atomic E-state index is 0. The predicted molar refractivity (Wildman–Crippen MR) is 37.5 cm³/mol. The fraction of sp³-hybridized carbons (Fsp3) is 1.00. The second-order valence-electron chi connectivity index (χ2n) is 1.27. The molecule has 10 heavy (non-hydrogen) atoms. The fourth-order valence-electron chi connectivity index (χ4n) is 0. The minimum atomic E-state index is -1.75. The molecule has 0 aromatic rings. The summed E-state index contributed by atoms with van der Waals surface area (Å²) in [4.78, 5) is 8.25. The van der Waals surface area contributed by atoms with E-state index in [1.807, 2.05) is 0 Å². The lowest BCUT2D eigenvalue weighted by molar-refractivity contribution is -0.407. The van der Waals surface area contributed by atoms with Crippen molar-refractivity contribution in [1.29, 1.82) is 0 Å². The average molecular weight is 157 g/mol. The molecule has 0 saturated carbocycles. The Balaban J connectivity index is -0.0000000300. The highest BCUT2D eigenvalue weighted by Crippen LogP contribution is 1.57. The first-order valence-electron chi connectivity index (χ1n) is 1.94. The third kappa shape index (κ3) is 309. The Morgan fingerprint density at radius 2 is 1.20 bits per heavy atom. The Bertz CT molecular complexity index is 60.0. The van der Waals surface area contributed by atoms with Gasteiger partial charge in [0.15, 0.2) is 0 Å². The van der Waals surface area contributed by atoms with E-state index in [2.05, 4.69) is 0 Å². The summed E-state index contributed by atoms with van der Waals surface area (Å²) >= 11 is 0. The molecule has 0 bridgehead atoms. The van der Waals surface area contributed by atoms with Crippen molar-refractivity contribution in [3.8, 4) is 0 Å². The van der Waals surface area contributed by atoms with Gasteiger partial charge in [0.1, 0.15) is 0 Å². The molecule has 0 aromatic heterocycles. The molecule has 0 aliphatic rings. The molecule has 0 aliphatic heterocycles. The summed E-state index contributed by atoms with van der Waals surface area (Å²) in [7, 11) is 0. The second-order valence-corrected chi connectivity index (χ2v) is 1.27. The molecule has 0 unspecified atom stereocenters. The van der Waals surface area contributed by atoms with Gasteiger partial charge in [-0.05, 0) is 0 Å². The van der Waals surface area contributed by atoms with E-state index in [-0.39, 0.29) is 12.3 Å². The van der Waals surface area contributed by atoms with E-state index < -0.39 is 11.2 Å². The van der Waals surface area contributed by atoms with Crippen LogP contribution >= 0.6 is 0 Å². The van der Waals surface area contributed by atoms with Crippen molar-refractivity contribution in [2.24, 2.45) is 0 Å². The molecule has 0 aromatic carbocycles. The van der Waals surface area contributed by atoms with Crippen molar-refractivity contribution in [2.75, 3.05) is 0 Å². The van der Waals surface area contributed by atoms with Gasteiger partial charge >= 0.3 is 0 Å². The summed E-state index contributed by atoms with van der Waals surface area (Å²) in [5, 5.41) is 24.3.